The zero-order valence-corrected chi connectivity index (χ0v) is 10.2. The van der Waals surface area contributed by atoms with E-state index in [-0.39, 0.29) is 0 Å². The van der Waals surface area contributed by atoms with Gasteiger partial charge in [0.25, 0.3) is 0 Å². The molecule has 0 aromatic rings. The normalized spacial score (nSPS) is 41.8. The fraction of sp³-hybridized carbons (Fsp3) is 1.00. The van der Waals surface area contributed by atoms with E-state index in [0.29, 0.717) is 5.41 Å². The average molecular weight is 194 g/mol. The van der Waals surface area contributed by atoms with Gasteiger partial charge < -0.3 is 0 Å². The van der Waals surface area contributed by atoms with Crippen LogP contribution >= 0.6 is 0 Å². The van der Waals surface area contributed by atoms with Gasteiger partial charge in [-0.3, -0.25) is 0 Å². The molecular formula is C14H26. The summed E-state index contributed by atoms with van der Waals surface area (Å²) >= 11 is 0. The molecule has 2 fully saturated rings. The van der Waals surface area contributed by atoms with E-state index in [1.807, 2.05) is 0 Å². The third-order valence-electron chi connectivity index (χ3n) is 5.30. The highest BCUT2D eigenvalue weighted by molar-refractivity contribution is 4.94. The summed E-state index contributed by atoms with van der Waals surface area (Å²) in [5.74, 6) is 3.14. The summed E-state index contributed by atoms with van der Waals surface area (Å²) in [6, 6.07) is 0. The molecular weight excluding hydrogens is 168 g/mol. The molecule has 0 amide bonds. The summed E-state index contributed by atoms with van der Waals surface area (Å²) in [6.45, 7) is 7.47. The summed E-state index contributed by atoms with van der Waals surface area (Å²) in [6.07, 6.45) is 10.5. The van der Waals surface area contributed by atoms with Crippen molar-refractivity contribution in [1.82, 2.24) is 0 Å². The third kappa shape index (κ3) is 1.61. The van der Waals surface area contributed by atoms with Gasteiger partial charge in [0.1, 0.15) is 0 Å². The number of hydrogen-bond acceptors (Lipinski definition) is 0. The summed E-state index contributed by atoms with van der Waals surface area (Å²) in [4.78, 5) is 0. The van der Waals surface area contributed by atoms with E-state index >= 15 is 0 Å². The highest BCUT2D eigenvalue weighted by Crippen LogP contribution is 2.54. The molecule has 2 aliphatic carbocycles. The zero-order valence-electron chi connectivity index (χ0n) is 10.2. The SMILES string of the molecule is CCC1CCC2CCCCC2C1(C)C. The number of hydrogen-bond donors (Lipinski definition) is 0. The Morgan fingerprint density at radius 1 is 1.00 bits per heavy atom. The predicted molar refractivity (Wildman–Crippen MR) is 62.2 cm³/mol. The van der Waals surface area contributed by atoms with Crippen LogP contribution < -0.4 is 0 Å². The van der Waals surface area contributed by atoms with E-state index in [2.05, 4.69) is 20.8 Å². The molecule has 0 aromatic carbocycles. The Bertz CT molecular complexity index is 192. The Morgan fingerprint density at radius 3 is 2.43 bits per heavy atom. The molecule has 0 heterocycles. The minimum atomic E-state index is 0.637. The first-order chi connectivity index (χ1) is 6.66. The Morgan fingerprint density at radius 2 is 1.71 bits per heavy atom. The van der Waals surface area contributed by atoms with Crippen LogP contribution in [0.3, 0.4) is 0 Å². The first-order valence-electron chi connectivity index (χ1n) is 6.66. The van der Waals surface area contributed by atoms with E-state index in [4.69, 9.17) is 0 Å². The van der Waals surface area contributed by atoms with Crippen molar-refractivity contribution in [3.05, 3.63) is 0 Å². The molecule has 0 saturated heterocycles. The first-order valence-corrected chi connectivity index (χ1v) is 6.66. The lowest BCUT2D eigenvalue weighted by Gasteiger charge is -2.51. The second-order valence-electron chi connectivity index (χ2n) is 6.15. The van der Waals surface area contributed by atoms with E-state index in [1.54, 1.807) is 0 Å². The minimum absolute atomic E-state index is 0.637. The van der Waals surface area contributed by atoms with Crippen LogP contribution in [0.5, 0.6) is 0 Å². The summed E-state index contributed by atoms with van der Waals surface area (Å²) < 4.78 is 0. The molecule has 2 rings (SSSR count). The Balaban J connectivity index is 2.13. The molecule has 0 aromatic heterocycles. The topological polar surface area (TPSA) is 0 Å². The first kappa shape index (κ1) is 10.5. The second-order valence-corrected chi connectivity index (χ2v) is 6.15. The standard InChI is InChI=1S/C14H26/c1-4-12-10-9-11-7-5-6-8-13(11)14(12,2)3/h11-13H,4-10H2,1-3H3. The van der Waals surface area contributed by atoms with Crippen LogP contribution in [-0.2, 0) is 0 Å². The molecule has 2 aliphatic rings. The molecule has 0 bridgehead atoms. The van der Waals surface area contributed by atoms with Crippen LogP contribution in [0.2, 0.25) is 0 Å². The number of fused-ring (bicyclic) bond motifs is 1. The Hall–Kier alpha value is 0. The van der Waals surface area contributed by atoms with Gasteiger partial charge in [0.2, 0.25) is 0 Å². The van der Waals surface area contributed by atoms with Crippen LogP contribution in [0, 0.1) is 23.2 Å². The van der Waals surface area contributed by atoms with Crippen molar-refractivity contribution in [2.75, 3.05) is 0 Å². The van der Waals surface area contributed by atoms with Gasteiger partial charge in [0, 0.05) is 0 Å². The average Bonchev–Trinajstić information content (AvgIpc) is 2.18. The van der Waals surface area contributed by atoms with Crippen molar-refractivity contribution >= 4 is 0 Å². The molecule has 0 nitrogen and oxygen atoms in total. The van der Waals surface area contributed by atoms with E-state index in [9.17, 15) is 0 Å². The predicted octanol–water partition coefficient (Wildman–Crippen LogP) is 4.64. The van der Waals surface area contributed by atoms with Crippen molar-refractivity contribution in [2.24, 2.45) is 23.2 Å². The zero-order chi connectivity index (χ0) is 10.2. The highest BCUT2D eigenvalue weighted by atomic mass is 14.5. The van der Waals surface area contributed by atoms with Crippen molar-refractivity contribution in [1.29, 1.82) is 0 Å². The second kappa shape index (κ2) is 3.87. The largest absolute Gasteiger partial charge is 0.0651 e. The fourth-order valence-corrected chi connectivity index (χ4v) is 4.35. The lowest BCUT2D eigenvalue weighted by atomic mass is 9.54. The van der Waals surface area contributed by atoms with Gasteiger partial charge in [-0.25, -0.2) is 0 Å². The van der Waals surface area contributed by atoms with Crippen molar-refractivity contribution in [3.63, 3.8) is 0 Å². The van der Waals surface area contributed by atoms with Gasteiger partial charge in [-0.2, -0.15) is 0 Å². The van der Waals surface area contributed by atoms with E-state index in [1.165, 1.54) is 44.9 Å². The summed E-state index contributed by atoms with van der Waals surface area (Å²) in [5.41, 5.74) is 0.637. The summed E-state index contributed by atoms with van der Waals surface area (Å²) in [7, 11) is 0. The molecule has 2 saturated carbocycles. The van der Waals surface area contributed by atoms with Crippen LogP contribution in [-0.4, -0.2) is 0 Å². The molecule has 0 heteroatoms. The maximum Gasteiger partial charge on any atom is -0.0295 e. The quantitative estimate of drug-likeness (QED) is 0.570. The van der Waals surface area contributed by atoms with Gasteiger partial charge >= 0.3 is 0 Å². The van der Waals surface area contributed by atoms with Gasteiger partial charge in [0.15, 0.2) is 0 Å². The monoisotopic (exact) mass is 194 g/mol. The van der Waals surface area contributed by atoms with Gasteiger partial charge in [-0.1, -0.05) is 46.5 Å². The molecule has 0 spiro atoms. The fourth-order valence-electron chi connectivity index (χ4n) is 4.35. The molecule has 82 valence electrons. The van der Waals surface area contributed by atoms with Crippen LogP contribution in [0.4, 0.5) is 0 Å². The van der Waals surface area contributed by atoms with Crippen molar-refractivity contribution < 1.29 is 0 Å². The lowest BCUT2D eigenvalue weighted by molar-refractivity contribution is -0.0143. The van der Waals surface area contributed by atoms with Crippen LogP contribution in [0.25, 0.3) is 0 Å². The van der Waals surface area contributed by atoms with E-state index < -0.39 is 0 Å². The molecule has 0 N–H and O–H groups in total. The van der Waals surface area contributed by atoms with Crippen LogP contribution in [0.15, 0.2) is 0 Å². The van der Waals surface area contributed by atoms with Gasteiger partial charge in [0.05, 0.1) is 0 Å². The molecule has 0 radical (unpaired) electrons. The number of rotatable bonds is 1. The Labute approximate surface area is 89.5 Å². The third-order valence-corrected chi connectivity index (χ3v) is 5.30. The van der Waals surface area contributed by atoms with Gasteiger partial charge in [-0.15, -0.1) is 0 Å². The molecule has 14 heavy (non-hydrogen) atoms. The van der Waals surface area contributed by atoms with Crippen molar-refractivity contribution in [2.45, 2.75) is 65.7 Å². The minimum Gasteiger partial charge on any atom is -0.0651 e. The lowest BCUT2D eigenvalue weighted by Crippen LogP contribution is -2.42. The molecule has 3 unspecified atom stereocenters. The highest BCUT2D eigenvalue weighted by Gasteiger charge is 2.44. The maximum absolute atomic E-state index is 2.54. The molecule has 0 aliphatic heterocycles. The molecule has 3 atom stereocenters. The summed E-state index contributed by atoms with van der Waals surface area (Å²) in [5, 5.41) is 0. The van der Waals surface area contributed by atoms with E-state index in [0.717, 1.165) is 17.8 Å². The van der Waals surface area contributed by atoms with Crippen molar-refractivity contribution in [3.8, 4) is 0 Å². The smallest absolute Gasteiger partial charge is 0.0295 e. The van der Waals surface area contributed by atoms with Crippen LogP contribution in [0.1, 0.15) is 65.7 Å². The maximum atomic E-state index is 2.54. The van der Waals surface area contributed by atoms with Gasteiger partial charge in [-0.05, 0) is 42.4 Å². The Kier molecular flexibility index (Phi) is 2.91.